The number of aromatic nitrogens is 1. The van der Waals surface area contributed by atoms with Crippen LogP contribution in [0.1, 0.15) is 25.0 Å². The summed E-state index contributed by atoms with van der Waals surface area (Å²) in [6.45, 7) is 4.71. The summed E-state index contributed by atoms with van der Waals surface area (Å²) < 4.78 is 2.40. The van der Waals surface area contributed by atoms with E-state index in [0.717, 1.165) is 0 Å². The molecule has 0 radical (unpaired) electrons. The summed E-state index contributed by atoms with van der Waals surface area (Å²) in [6.07, 6.45) is 2.34. The quantitative estimate of drug-likeness (QED) is 0.152. The lowest BCUT2D eigenvalue weighted by Gasteiger charge is -2.22. The number of fused-ring (bicyclic) bond motifs is 4. The van der Waals surface area contributed by atoms with Crippen LogP contribution in [0.15, 0.2) is 225 Å². The van der Waals surface area contributed by atoms with Gasteiger partial charge in [-0.2, -0.15) is 0 Å². The summed E-state index contributed by atoms with van der Waals surface area (Å²) in [4.78, 5) is 0. The maximum Gasteiger partial charge on any atom is 0.0535 e. The molecule has 0 N–H and O–H groups in total. The van der Waals surface area contributed by atoms with Gasteiger partial charge in [-0.3, -0.25) is 0 Å². The second-order valence-corrected chi connectivity index (χ2v) is 16.6. The molecule has 9 aromatic carbocycles. The van der Waals surface area contributed by atoms with Gasteiger partial charge >= 0.3 is 0 Å². The first kappa shape index (κ1) is 35.7. The molecule has 1 aliphatic rings. The zero-order chi connectivity index (χ0) is 40.2. The first-order valence-corrected chi connectivity index (χ1v) is 20.9. The Balaban J connectivity index is 0.968. The SMILES string of the molecule is CC1(C)c2ccccc2-c2ccc(-n3cc(-c4ccc(-c5ccc(-c6ccccc6)cc5)cc4)c4cc(-c5ccc(-c6ccc(-c7ccccc7)cc6)cc5)ccc43)cc21. The molecule has 1 aromatic heterocycles. The fourth-order valence-electron chi connectivity index (χ4n) is 9.36. The van der Waals surface area contributed by atoms with Crippen LogP contribution in [0.3, 0.4) is 0 Å². The molecule has 11 rings (SSSR count). The van der Waals surface area contributed by atoms with Crippen LogP contribution in [0.2, 0.25) is 0 Å². The molecule has 284 valence electrons. The Bertz CT molecular complexity index is 3150. The molecule has 1 nitrogen and oxygen atoms in total. The molecule has 0 saturated heterocycles. The van der Waals surface area contributed by atoms with Crippen molar-refractivity contribution in [1.29, 1.82) is 0 Å². The summed E-state index contributed by atoms with van der Waals surface area (Å²) in [6, 6.07) is 79.9. The highest BCUT2D eigenvalue weighted by atomic mass is 15.0. The van der Waals surface area contributed by atoms with Crippen LogP contribution in [0.4, 0.5) is 0 Å². The zero-order valence-corrected chi connectivity index (χ0v) is 33.8. The molecule has 1 aliphatic carbocycles. The first-order valence-electron chi connectivity index (χ1n) is 20.9. The lowest BCUT2D eigenvalue weighted by molar-refractivity contribution is 0.660. The molecule has 0 aliphatic heterocycles. The van der Waals surface area contributed by atoms with E-state index in [2.05, 4.69) is 243 Å². The van der Waals surface area contributed by atoms with E-state index in [4.69, 9.17) is 0 Å². The zero-order valence-electron chi connectivity index (χ0n) is 33.8. The number of hydrogen-bond acceptors (Lipinski definition) is 0. The number of nitrogens with zero attached hydrogens (tertiary/aromatic N) is 1. The standard InChI is InChI=1S/C59H43N/c1-59(2)56-16-10-9-15-52(56)53-35-34-51(38-57(53)59)60-39-55(49-31-29-47(30-32-49)45-23-19-43(20-24-45)41-13-7-4-8-14-41)54-37-50(33-36-58(54)60)48-27-25-46(26-28-48)44-21-17-42(18-22-44)40-11-5-3-6-12-40/h3-39H,1-2H3. The summed E-state index contributed by atoms with van der Waals surface area (Å²) >= 11 is 0. The Morgan fingerprint density at radius 1 is 0.300 bits per heavy atom. The minimum absolute atomic E-state index is 0.0773. The molecule has 0 saturated carbocycles. The second kappa shape index (κ2) is 14.4. The Labute approximate surface area is 352 Å². The summed E-state index contributed by atoms with van der Waals surface area (Å²) in [5.41, 5.74) is 22.3. The van der Waals surface area contributed by atoms with E-state index in [0.29, 0.717) is 0 Å². The largest absolute Gasteiger partial charge is 0.316 e. The number of hydrogen-bond donors (Lipinski definition) is 0. The molecule has 0 spiro atoms. The van der Waals surface area contributed by atoms with Crippen molar-refractivity contribution >= 4 is 10.9 Å². The minimum atomic E-state index is -0.0773. The van der Waals surface area contributed by atoms with Gasteiger partial charge in [0, 0.05) is 28.2 Å². The van der Waals surface area contributed by atoms with Crippen molar-refractivity contribution in [3.05, 3.63) is 236 Å². The third kappa shape index (κ3) is 6.19. The van der Waals surface area contributed by atoms with Gasteiger partial charge in [0.2, 0.25) is 0 Å². The molecule has 1 heteroatoms. The van der Waals surface area contributed by atoms with Gasteiger partial charge in [0.25, 0.3) is 0 Å². The Morgan fingerprint density at radius 3 is 1.22 bits per heavy atom. The average Bonchev–Trinajstić information content (AvgIpc) is 3.81. The Morgan fingerprint density at radius 2 is 0.700 bits per heavy atom. The van der Waals surface area contributed by atoms with Crippen LogP contribution in [-0.2, 0) is 5.41 Å². The fourth-order valence-corrected chi connectivity index (χ4v) is 9.36. The molecular weight excluding hydrogens is 723 g/mol. The van der Waals surface area contributed by atoms with Gasteiger partial charge in [0.1, 0.15) is 0 Å². The predicted octanol–water partition coefficient (Wildman–Crippen LogP) is 15.9. The predicted molar refractivity (Wildman–Crippen MR) is 253 cm³/mol. The number of rotatable bonds is 7. The van der Waals surface area contributed by atoms with Crippen molar-refractivity contribution < 1.29 is 0 Å². The molecule has 0 unspecified atom stereocenters. The van der Waals surface area contributed by atoms with Gasteiger partial charge in [0.05, 0.1) is 5.52 Å². The molecule has 0 amide bonds. The molecule has 0 fully saturated rings. The molecule has 0 atom stereocenters. The summed E-state index contributed by atoms with van der Waals surface area (Å²) in [5.74, 6) is 0. The molecule has 10 aromatic rings. The van der Waals surface area contributed by atoms with Gasteiger partial charge < -0.3 is 4.57 Å². The Hall–Kier alpha value is -7.48. The fraction of sp³-hybridized carbons (Fsp3) is 0.0508. The average molecular weight is 766 g/mol. The molecule has 1 heterocycles. The first-order chi connectivity index (χ1) is 29.5. The molecule has 60 heavy (non-hydrogen) atoms. The van der Waals surface area contributed by atoms with Crippen molar-refractivity contribution in [2.75, 3.05) is 0 Å². The lowest BCUT2D eigenvalue weighted by Crippen LogP contribution is -2.15. The lowest BCUT2D eigenvalue weighted by atomic mass is 9.82. The van der Waals surface area contributed by atoms with E-state index in [1.54, 1.807) is 0 Å². The van der Waals surface area contributed by atoms with E-state index in [9.17, 15) is 0 Å². The van der Waals surface area contributed by atoms with Crippen LogP contribution in [0, 0.1) is 0 Å². The third-order valence-corrected chi connectivity index (χ3v) is 12.7. The van der Waals surface area contributed by atoms with Gasteiger partial charge in [-0.25, -0.2) is 0 Å². The summed E-state index contributed by atoms with van der Waals surface area (Å²) in [7, 11) is 0. The van der Waals surface area contributed by atoms with E-state index in [1.165, 1.54) is 106 Å². The van der Waals surface area contributed by atoms with E-state index in [-0.39, 0.29) is 5.41 Å². The van der Waals surface area contributed by atoms with Crippen LogP contribution < -0.4 is 0 Å². The molecule has 0 bridgehead atoms. The maximum absolute atomic E-state index is 2.42. The van der Waals surface area contributed by atoms with E-state index in [1.807, 2.05) is 0 Å². The highest BCUT2D eigenvalue weighted by Crippen LogP contribution is 2.49. The van der Waals surface area contributed by atoms with Gasteiger partial charge in [0.15, 0.2) is 0 Å². The highest BCUT2D eigenvalue weighted by Gasteiger charge is 2.35. The topological polar surface area (TPSA) is 4.93 Å². The second-order valence-electron chi connectivity index (χ2n) is 16.6. The molecular formula is C59H43N. The van der Waals surface area contributed by atoms with Crippen LogP contribution in [-0.4, -0.2) is 4.57 Å². The van der Waals surface area contributed by atoms with Gasteiger partial charge in [-0.1, -0.05) is 208 Å². The van der Waals surface area contributed by atoms with Crippen molar-refractivity contribution in [2.45, 2.75) is 19.3 Å². The van der Waals surface area contributed by atoms with Crippen LogP contribution >= 0.6 is 0 Å². The number of benzene rings is 9. The Kier molecular flexibility index (Phi) is 8.57. The van der Waals surface area contributed by atoms with Crippen molar-refractivity contribution in [2.24, 2.45) is 0 Å². The normalized spacial score (nSPS) is 12.6. The van der Waals surface area contributed by atoms with Crippen molar-refractivity contribution in [3.8, 4) is 83.6 Å². The van der Waals surface area contributed by atoms with E-state index >= 15 is 0 Å². The van der Waals surface area contributed by atoms with Crippen LogP contribution in [0.5, 0.6) is 0 Å². The van der Waals surface area contributed by atoms with Gasteiger partial charge in [-0.05, 0) is 108 Å². The van der Waals surface area contributed by atoms with E-state index < -0.39 is 0 Å². The monoisotopic (exact) mass is 765 g/mol. The summed E-state index contributed by atoms with van der Waals surface area (Å²) in [5, 5.41) is 1.23. The maximum atomic E-state index is 2.42. The van der Waals surface area contributed by atoms with Crippen molar-refractivity contribution in [1.82, 2.24) is 4.57 Å². The smallest absolute Gasteiger partial charge is 0.0535 e. The van der Waals surface area contributed by atoms with Crippen LogP contribution in [0.25, 0.3) is 94.5 Å². The van der Waals surface area contributed by atoms with Crippen molar-refractivity contribution in [3.63, 3.8) is 0 Å². The highest BCUT2D eigenvalue weighted by molar-refractivity contribution is 6.00. The minimum Gasteiger partial charge on any atom is -0.316 e. The third-order valence-electron chi connectivity index (χ3n) is 12.7. The van der Waals surface area contributed by atoms with Gasteiger partial charge in [-0.15, -0.1) is 0 Å².